The summed E-state index contributed by atoms with van der Waals surface area (Å²) in [5.41, 5.74) is 8.12. The normalized spacial score (nSPS) is 26.1. The average Bonchev–Trinajstić information content (AvgIpc) is 2.81. The van der Waals surface area contributed by atoms with E-state index in [9.17, 15) is 0 Å². The molecule has 1 aliphatic rings. The molecule has 0 radical (unpaired) electrons. The number of halogens is 1. The van der Waals surface area contributed by atoms with Gasteiger partial charge < -0.3 is 11.1 Å². The van der Waals surface area contributed by atoms with E-state index in [1.807, 2.05) is 18.0 Å². The lowest BCUT2D eigenvalue weighted by atomic mass is 9.95. The van der Waals surface area contributed by atoms with Crippen LogP contribution in [0.3, 0.4) is 0 Å². The van der Waals surface area contributed by atoms with E-state index in [0.29, 0.717) is 11.8 Å². The predicted octanol–water partition coefficient (Wildman–Crippen LogP) is 3.63. The van der Waals surface area contributed by atoms with Crippen LogP contribution in [0.15, 0.2) is 34.9 Å². The molecule has 3 N–H and O–H groups in total. The Balaban J connectivity index is 1.98. The highest BCUT2D eigenvalue weighted by Gasteiger charge is 2.37. The van der Waals surface area contributed by atoms with Crippen molar-refractivity contribution >= 4 is 44.3 Å². The number of rotatable bonds is 3. The summed E-state index contributed by atoms with van der Waals surface area (Å²) < 4.78 is 1.00. The maximum Gasteiger partial charge on any atom is 0.0934 e. The minimum absolute atomic E-state index is 0.00683. The third kappa shape index (κ3) is 2.67. The Bertz CT molecular complexity index is 634. The van der Waals surface area contributed by atoms with Crippen molar-refractivity contribution < 1.29 is 0 Å². The van der Waals surface area contributed by atoms with E-state index in [2.05, 4.69) is 57.4 Å². The second-order valence-corrected chi connectivity index (χ2v) is 7.81. The monoisotopic (exact) mass is 351 g/mol. The highest BCUT2D eigenvalue weighted by Crippen LogP contribution is 2.37. The van der Waals surface area contributed by atoms with Crippen LogP contribution in [0.25, 0.3) is 10.9 Å². The number of nitrogens with two attached hydrogens (primary N) is 1. The summed E-state index contributed by atoms with van der Waals surface area (Å²) in [6.07, 6.45) is 2.94. The summed E-state index contributed by atoms with van der Waals surface area (Å²) >= 11 is 5.46. The van der Waals surface area contributed by atoms with Gasteiger partial charge in [-0.3, -0.25) is 4.98 Å². The molecule has 2 aromatic rings. The molecule has 106 valence electrons. The van der Waals surface area contributed by atoms with Crippen molar-refractivity contribution in [2.45, 2.75) is 24.1 Å². The second-order valence-electron chi connectivity index (χ2n) is 5.47. The zero-order valence-electron chi connectivity index (χ0n) is 11.4. The van der Waals surface area contributed by atoms with Gasteiger partial charge in [-0.1, -0.05) is 19.1 Å². The molecule has 5 heteroatoms. The van der Waals surface area contributed by atoms with E-state index in [1.165, 1.54) is 0 Å². The van der Waals surface area contributed by atoms with E-state index in [1.54, 1.807) is 0 Å². The summed E-state index contributed by atoms with van der Waals surface area (Å²) in [6, 6.07) is 8.33. The van der Waals surface area contributed by atoms with Gasteiger partial charge in [0.1, 0.15) is 0 Å². The van der Waals surface area contributed by atoms with Crippen LogP contribution in [-0.4, -0.2) is 28.1 Å². The SMILES string of the molecule is CC1CC(CN)(Nc2cccc3cc(Br)cnc23)CS1. The van der Waals surface area contributed by atoms with Crippen LogP contribution in [0, 0.1) is 0 Å². The standard InChI is InChI=1S/C15H18BrN3S/c1-10-6-15(8-17,9-20-10)19-13-4-2-3-11-5-12(16)7-18-14(11)13/h2-5,7,10,19H,6,8-9,17H2,1H3. The molecule has 1 fully saturated rings. The van der Waals surface area contributed by atoms with Gasteiger partial charge in [-0.25, -0.2) is 0 Å². The first-order valence-corrected chi connectivity index (χ1v) is 8.60. The first kappa shape index (κ1) is 14.2. The Kier molecular flexibility index (Phi) is 3.93. The van der Waals surface area contributed by atoms with E-state index < -0.39 is 0 Å². The number of hydrogen-bond donors (Lipinski definition) is 2. The zero-order valence-corrected chi connectivity index (χ0v) is 13.8. The second kappa shape index (κ2) is 5.54. The summed E-state index contributed by atoms with van der Waals surface area (Å²) in [5, 5.41) is 5.46. The molecule has 1 saturated heterocycles. The van der Waals surface area contributed by atoms with Gasteiger partial charge in [0.05, 0.1) is 16.7 Å². The molecule has 0 aliphatic carbocycles. The molecule has 3 rings (SSSR count). The van der Waals surface area contributed by atoms with Gasteiger partial charge in [0.15, 0.2) is 0 Å². The van der Waals surface area contributed by atoms with Crippen molar-refractivity contribution in [3.05, 3.63) is 34.9 Å². The lowest BCUT2D eigenvalue weighted by molar-refractivity contribution is 0.514. The maximum absolute atomic E-state index is 6.04. The fourth-order valence-corrected chi connectivity index (χ4v) is 4.47. The van der Waals surface area contributed by atoms with Crippen LogP contribution in [0.4, 0.5) is 5.69 Å². The van der Waals surface area contributed by atoms with Crippen LogP contribution in [0.5, 0.6) is 0 Å². The molecule has 1 aromatic heterocycles. The number of pyridine rings is 1. The van der Waals surface area contributed by atoms with Crippen LogP contribution in [0.1, 0.15) is 13.3 Å². The number of hydrogen-bond acceptors (Lipinski definition) is 4. The number of nitrogens with zero attached hydrogens (tertiary/aromatic N) is 1. The number of thioether (sulfide) groups is 1. The third-order valence-electron chi connectivity index (χ3n) is 3.79. The van der Waals surface area contributed by atoms with Crippen molar-refractivity contribution in [2.24, 2.45) is 5.73 Å². The van der Waals surface area contributed by atoms with Crippen molar-refractivity contribution in [3.63, 3.8) is 0 Å². The minimum atomic E-state index is -0.00683. The largest absolute Gasteiger partial charge is 0.376 e. The highest BCUT2D eigenvalue weighted by atomic mass is 79.9. The smallest absolute Gasteiger partial charge is 0.0934 e. The summed E-state index contributed by atoms with van der Waals surface area (Å²) in [7, 11) is 0. The Morgan fingerprint density at radius 3 is 3.10 bits per heavy atom. The molecule has 2 unspecified atom stereocenters. The number of fused-ring (bicyclic) bond motifs is 1. The Hall–Kier alpha value is -0.780. The summed E-state index contributed by atoms with van der Waals surface area (Å²) in [6.45, 7) is 2.92. The van der Waals surface area contributed by atoms with Gasteiger partial charge in [-0.05, 0) is 34.5 Å². The lowest BCUT2D eigenvalue weighted by Gasteiger charge is -2.30. The molecule has 0 saturated carbocycles. The predicted molar refractivity (Wildman–Crippen MR) is 91.4 cm³/mol. The molecule has 0 spiro atoms. The van der Waals surface area contributed by atoms with Gasteiger partial charge in [0, 0.05) is 33.6 Å². The molecular formula is C15H18BrN3S. The van der Waals surface area contributed by atoms with E-state index >= 15 is 0 Å². The van der Waals surface area contributed by atoms with E-state index in [4.69, 9.17) is 5.73 Å². The third-order valence-corrected chi connectivity index (χ3v) is 5.68. The van der Waals surface area contributed by atoms with Crippen molar-refractivity contribution in [1.29, 1.82) is 0 Å². The lowest BCUT2D eigenvalue weighted by Crippen LogP contribution is -2.46. The highest BCUT2D eigenvalue weighted by molar-refractivity contribution is 9.10. The molecule has 0 amide bonds. The van der Waals surface area contributed by atoms with Crippen molar-refractivity contribution in [2.75, 3.05) is 17.6 Å². The summed E-state index contributed by atoms with van der Waals surface area (Å²) in [5.74, 6) is 1.05. The fraction of sp³-hybridized carbons (Fsp3) is 0.400. The number of anilines is 1. The molecule has 2 atom stereocenters. The molecule has 0 bridgehead atoms. The number of nitrogens with one attached hydrogen (secondary N) is 1. The number of benzene rings is 1. The van der Waals surface area contributed by atoms with Crippen LogP contribution in [-0.2, 0) is 0 Å². The fourth-order valence-electron chi connectivity index (χ4n) is 2.77. The van der Waals surface area contributed by atoms with Gasteiger partial charge in [-0.15, -0.1) is 0 Å². The van der Waals surface area contributed by atoms with Crippen LogP contribution in [0.2, 0.25) is 0 Å². The number of aromatic nitrogens is 1. The van der Waals surface area contributed by atoms with Crippen molar-refractivity contribution in [1.82, 2.24) is 4.98 Å². The summed E-state index contributed by atoms with van der Waals surface area (Å²) in [4.78, 5) is 4.55. The van der Waals surface area contributed by atoms with E-state index in [0.717, 1.165) is 33.2 Å². The molecule has 1 aliphatic heterocycles. The van der Waals surface area contributed by atoms with Gasteiger partial charge in [0.25, 0.3) is 0 Å². The molecule has 2 heterocycles. The van der Waals surface area contributed by atoms with Gasteiger partial charge in [0.2, 0.25) is 0 Å². The van der Waals surface area contributed by atoms with Crippen molar-refractivity contribution in [3.8, 4) is 0 Å². The zero-order chi connectivity index (χ0) is 14.2. The average molecular weight is 352 g/mol. The molecule has 20 heavy (non-hydrogen) atoms. The van der Waals surface area contributed by atoms with E-state index in [-0.39, 0.29) is 5.54 Å². The van der Waals surface area contributed by atoms with Crippen LogP contribution < -0.4 is 11.1 Å². The minimum Gasteiger partial charge on any atom is -0.376 e. The van der Waals surface area contributed by atoms with Crippen LogP contribution >= 0.6 is 27.7 Å². The molecular weight excluding hydrogens is 334 g/mol. The first-order valence-electron chi connectivity index (χ1n) is 6.76. The Morgan fingerprint density at radius 1 is 1.55 bits per heavy atom. The number of para-hydroxylation sites is 1. The quantitative estimate of drug-likeness (QED) is 0.886. The first-order chi connectivity index (χ1) is 9.62. The molecule has 3 nitrogen and oxygen atoms in total. The van der Waals surface area contributed by atoms with Gasteiger partial charge in [-0.2, -0.15) is 11.8 Å². The topological polar surface area (TPSA) is 50.9 Å². The molecule has 1 aromatic carbocycles. The van der Waals surface area contributed by atoms with Gasteiger partial charge >= 0.3 is 0 Å². The Labute approximate surface area is 131 Å². The maximum atomic E-state index is 6.04. The Morgan fingerprint density at radius 2 is 2.40 bits per heavy atom.